The van der Waals surface area contributed by atoms with E-state index in [4.69, 9.17) is 14.6 Å². The van der Waals surface area contributed by atoms with Crippen molar-refractivity contribution >= 4 is 29.6 Å². The fraction of sp³-hybridized carbons (Fsp3) is 0.214. The molecule has 0 unspecified atom stereocenters. The van der Waals surface area contributed by atoms with Gasteiger partial charge in [-0.25, -0.2) is 15.3 Å². The lowest BCUT2D eigenvalue weighted by atomic mass is 9.98. The SMILES string of the molecule is C=O.CN=C(NOC)c1ccccc1-c1ccc(Cn2c(C3CC3)nc3cccc(C(=O)O)c32)cc1. The predicted molar refractivity (Wildman–Crippen MR) is 139 cm³/mol. The molecule has 0 radical (unpaired) electrons. The number of hydroxylamine groups is 1. The molecule has 0 bridgehead atoms. The number of carboxylic acids is 1. The number of aromatic carboxylic acids is 1. The van der Waals surface area contributed by atoms with Crippen LogP contribution in [-0.4, -0.2) is 47.4 Å². The monoisotopic (exact) mass is 484 g/mol. The molecule has 3 aromatic carbocycles. The second kappa shape index (κ2) is 11.0. The average molecular weight is 485 g/mol. The summed E-state index contributed by atoms with van der Waals surface area (Å²) in [7, 11) is 3.29. The minimum absolute atomic E-state index is 0.291. The third-order valence-electron chi connectivity index (χ3n) is 6.18. The second-order valence-electron chi connectivity index (χ2n) is 8.43. The van der Waals surface area contributed by atoms with Crippen LogP contribution in [0.2, 0.25) is 0 Å². The maximum absolute atomic E-state index is 11.9. The second-order valence-corrected chi connectivity index (χ2v) is 8.43. The molecule has 1 saturated carbocycles. The third-order valence-corrected chi connectivity index (χ3v) is 6.18. The van der Waals surface area contributed by atoms with Crippen molar-refractivity contribution in [3.8, 4) is 11.1 Å². The van der Waals surface area contributed by atoms with Crippen molar-refractivity contribution in [3.63, 3.8) is 0 Å². The quantitative estimate of drug-likeness (QED) is 0.224. The highest BCUT2D eigenvalue weighted by Crippen LogP contribution is 2.41. The van der Waals surface area contributed by atoms with E-state index in [2.05, 4.69) is 45.4 Å². The summed E-state index contributed by atoms with van der Waals surface area (Å²) in [6.07, 6.45) is 2.19. The molecule has 4 aromatic rings. The minimum Gasteiger partial charge on any atom is -0.478 e. The van der Waals surface area contributed by atoms with Gasteiger partial charge in [0, 0.05) is 25.1 Å². The van der Waals surface area contributed by atoms with Crippen LogP contribution in [0.4, 0.5) is 0 Å². The van der Waals surface area contributed by atoms with Crippen molar-refractivity contribution in [1.29, 1.82) is 0 Å². The number of aromatic nitrogens is 2. The van der Waals surface area contributed by atoms with E-state index in [-0.39, 0.29) is 0 Å². The van der Waals surface area contributed by atoms with Gasteiger partial charge < -0.3 is 14.5 Å². The summed E-state index contributed by atoms with van der Waals surface area (Å²) in [5.41, 5.74) is 8.70. The summed E-state index contributed by atoms with van der Waals surface area (Å²) in [5, 5.41) is 9.76. The van der Waals surface area contributed by atoms with Crippen molar-refractivity contribution in [1.82, 2.24) is 15.0 Å². The molecule has 2 N–H and O–H groups in total. The first kappa shape index (κ1) is 24.8. The van der Waals surface area contributed by atoms with E-state index in [0.29, 0.717) is 29.4 Å². The zero-order valence-electron chi connectivity index (χ0n) is 20.3. The van der Waals surface area contributed by atoms with Gasteiger partial charge in [-0.3, -0.25) is 9.83 Å². The van der Waals surface area contributed by atoms with Gasteiger partial charge in [0.05, 0.1) is 23.7 Å². The first-order valence-corrected chi connectivity index (χ1v) is 11.6. The lowest BCUT2D eigenvalue weighted by molar-refractivity contribution is -0.0980. The molecular weight excluding hydrogens is 456 g/mol. The highest BCUT2D eigenvalue weighted by molar-refractivity contribution is 6.04. The number of nitrogens with zero attached hydrogens (tertiary/aromatic N) is 3. The summed E-state index contributed by atoms with van der Waals surface area (Å²) in [5.74, 6) is 1.11. The largest absolute Gasteiger partial charge is 0.478 e. The molecule has 0 aliphatic heterocycles. The van der Waals surface area contributed by atoms with E-state index in [1.165, 1.54) is 0 Å². The van der Waals surface area contributed by atoms with Crippen molar-refractivity contribution in [2.24, 2.45) is 4.99 Å². The Bertz CT molecular complexity index is 1410. The van der Waals surface area contributed by atoms with Gasteiger partial charge in [-0.1, -0.05) is 54.6 Å². The summed E-state index contributed by atoms with van der Waals surface area (Å²) in [6.45, 7) is 2.57. The smallest absolute Gasteiger partial charge is 0.337 e. The number of hydrogen-bond acceptors (Lipinski definition) is 5. The number of benzene rings is 3. The number of carbonyl (C=O) groups excluding carboxylic acids is 1. The standard InChI is InChI=1S/C27H26N4O3.CH2O/c1-28-25(30-34-2)21-7-4-3-6-20(21)18-12-10-17(11-13-18)16-31-24-22(27(32)33)8-5-9-23(24)29-26(31)19-14-15-19;1-2/h3-13,19H,14-16H2,1-2H3,(H,28,30)(H,32,33);1H2. The molecule has 1 aliphatic rings. The highest BCUT2D eigenvalue weighted by atomic mass is 16.6. The molecule has 1 aliphatic carbocycles. The number of carboxylic acid groups (broad SMARTS) is 1. The maximum Gasteiger partial charge on any atom is 0.337 e. The van der Waals surface area contributed by atoms with Gasteiger partial charge in [-0.2, -0.15) is 0 Å². The molecule has 8 nitrogen and oxygen atoms in total. The van der Waals surface area contributed by atoms with Gasteiger partial charge in [0.15, 0.2) is 5.84 Å². The minimum atomic E-state index is -0.931. The van der Waals surface area contributed by atoms with Crippen LogP contribution in [0.3, 0.4) is 0 Å². The van der Waals surface area contributed by atoms with Crippen LogP contribution < -0.4 is 5.48 Å². The van der Waals surface area contributed by atoms with Crippen LogP contribution >= 0.6 is 0 Å². The number of carbonyl (C=O) groups is 2. The summed E-state index contributed by atoms with van der Waals surface area (Å²) in [4.78, 5) is 34.1. The number of hydrogen-bond donors (Lipinski definition) is 2. The Morgan fingerprint density at radius 2 is 1.78 bits per heavy atom. The molecule has 36 heavy (non-hydrogen) atoms. The number of para-hydroxylation sites is 1. The van der Waals surface area contributed by atoms with Gasteiger partial charge >= 0.3 is 5.97 Å². The van der Waals surface area contributed by atoms with Crippen molar-refractivity contribution in [3.05, 3.63) is 89.2 Å². The Morgan fingerprint density at radius 1 is 1.08 bits per heavy atom. The van der Waals surface area contributed by atoms with E-state index in [0.717, 1.165) is 46.4 Å². The van der Waals surface area contributed by atoms with E-state index in [9.17, 15) is 9.90 Å². The summed E-state index contributed by atoms with van der Waals surface area (Å²) in [6, 6.07) is 21.7. The van der Waals surface area contributed by atoms with Crippen LogP contribution in [-0.2, 0) is 16.2 Å². The maximum atomic E-state index is 11.9. The topological polar surface area (TPSA) is 106 Å². The van der Waals surface area contributed by atoms with Crippen LogP contribution in [0.1, 0.15) is 46.1 Å². The Hall–Kier alpha value is -4.30. The zero-order valence-corrected chi connectivity index (χ0v) is 20.3. The van der Waals surface area contributed by atoms with Gasteiger partial charge in [-0.05, 0) is 41.7 Å². The van der Waals surface area contributed by atoms with E-state index in [1.54, 1.807) is 26.3 Å². The zero-order chi connectivity index (χ0) is 25.7. The molecule has 0 saturated heterocycles. The number of imidazole rings is 1. The molecule has 8 heteroatoms. The highest BCUT2D eigenvalue weighted by Gasteiger charge is 2.30. The Labute approximate surface area is 209 Å². The first-order valence-electron chi connectivity index (χ1n) is 11.6. The number of aliphatic imine (C=N–C) groups is 1. The van der Waals surface area contributed by atoms with Crippen LogP contribution in [0.15, 0.2) is 71.7 Å². The van der Waals surface area contributed by atoms with Crippen LogP contribution in [0, 0.1) is 0 Å². The molecule has 5 rings (SSSR count). The molecule has 0 amide bonds. The van der Waals surface area contributed by atoms with Crippen molar-refractivity contribution in [2.75, 3.05) is 14.2 Å². The third kappa shape index (κ3) is 4.89. The van der Waals surface area contributed by atoms with Gasteiger partial charge in [0.25, 0.3) is 0 Å². The molecule has 184 valence electrons. The van der Waals surface area contributed by atoms with E-state index >= 15 is 0 Å². The van der Waals surface area contributed by atoms with E-state index in [1.807, 2.05) is 31.1 Å². The van der Waals surface area contributed by atoms with Crippen molar-refractivity contribution < 1.29 is 19.5 Å². The lowest BCUT2D eigenvalue weighted by Crippen LogP contribution is -2.23. The van der Waals surface area contributed by atoms with Crippen LogP contribution in [0.25, 0.3) is 22.2 Å². The van der Waals surface area contributed by atoms with Gasteiger partial charge in [-0.15, -0.1) is 0 Å². The molecular formula is C28H28N4O4. The van der Waals surface area contributed by atoms with Gasteiger partial charge in [0.1, 0.15) is 12.6 Å². The van der Waals surface area contributed by atoms with Crippen molar-refractivity contribution in [2.45, 2.75) is 25.3 Å². The Morgan fingerprint density at radius 3 is 2.42 bits per heavy atom. The fourth-order valence-corrected chi connectivity index (χ4v) is 4.42. The average Bonchev–Trinajstić information content (AvgIpc) is 3.70. The fourth-order valence-electron chi connectivity index (χ4n) is 4.42. The molecule has 0 spiro atoms. The Kier molecular flexibility index (Phi) is 7.56. The molecule has 1 heterocycles. The molecule has 1 fully saturated rings. The number of amidine groups is 1. The Balaban J connectivity index is 0.00000148. The normalized spacial score (nSPS) is 13.2. The number of rotatable bonds is 7. The summed E-state index contributed by atoms with van der Waals surface area (Å²) < 4.78 is 2.09. The predicted octanol–water partition coefficient (Wildman–Crippen LogP) is 4.67. The number of fused-ring (bicyclic) bond motifs is 1. The molecule has 0 atom stereocenters. The molecule has 1 aromatic heterocycles. The van der Waals surface area contributed by atoms with Gasteiger partial charge in [0.2, 0.25) is 0 Å². The summed E-state index contributed by atoms with van der Waals surface area (Å²) >= 11 is 0. The van der Waals surface area contributed by atoms with E-state index < -0.39 is 5.97 Å². The van der Waals surface area contributed by atoms with Crippen LogP contribution in [0.5, 0.6) is 0 Å². The first-order chi connectivity index (χ1) is 17.6. The number of nitrogens with one attached hydrogen (secondary N) is 1. The lowest BCUT2D eigenvalue weighted by Gasteiger charge is -2.14.